The molecule has 1 amide bonds. The number of rotatable bonds is 8. The van der Waals surface area contributed by atoms with Gasteiger partial charge in [0, 0.05) is 13.7 Å². The lowest BCUT2D eigenvalue weighted by Gasteiger charge is -2.47. The Hall–Kier alpha value is -2.49. The highest BCUT2D eigenvalue weighted by Gasteiger charge is 2.60. The van der Waals surface area contributed by atoms with E-state index in [9.17, 15) is 9.90 Å². The van der Waals surface area contributed by atoms with Crippen molar-refractivity contribution in [2.24, 2.45) is 0 Å². The molecule has 1 unspecified atom stereocenters. The summed E-state index contributed by atoms with van der Waals surface area (Å²) in [6.07, 6.45) is -2.09. The molecule has 8 heteroatoms. The summed E-state index contributed by atoms with van der Waals surface area (Å²) in [6, 6.07) is 20.7. The Morgan fingerprint density at radius 1 is 1.08 bits per heavy atom. The fraction of sp³-hybridized carbons (Fsp3) is 0.483. The zero-order chi connectivity index (χ0) is 26.4. The van der Waals surface area contributed by atoms with Crippen molar-refractivity contribution in [2.75, 3.05) is 20.4 Å². The molecule has 1 aliphatic carbocycles. The predicted octanol–water partition coefficient (Wildman–Crippen LogP) is 3.20. The van der Waals surface area contributed by atoms with Crippen LogP contribution in [0.25, 0.3) is 0 Å². The van der Waals surface area contributed by atoms with Crippen LogP contribution >= 0.6 is 0 Å². The molecule has 2 fully saturated rings. The molecule has 0 radical (unpaired) electrons. The van der Waals surface area contributed by atoms with E-state index in [2.05, 4.69) is 69.3 Å². The van der Waals surface area contributed by atoms with Crippen molar-refractivity contribution >= 4 is 24.8 Å². The first-order chi connectivity index (χ1) is 17.7. The third kappa shape index (κ3) is 4.25. The van der Waals surface area contributed by atoms with E-state index in [4.69, 9.17) is 18.6 Å². The van der Waals surface area contributed by atoms with Gasteiger partial charge in [-0.1, -0.05) is 81.4 Å². The van der Waals surface area contributed by atoms with Crippen molar-refractivity contribution in [1.82, 2.24) is 4.90 Å². The molecule has 2 aromatic rings. The molecule has 0 bridgehead atoms. The number of methoxy groups -OCH3 is 1. The van der Waals surface area contributed by atoms with Gasteiger partial charge >= 0.3 is 6.09 Å². The van der Waals surface area contributed by atoms with E-state index in [1.165, 1.54) is 10.4 Å². The maximum atomic E-state index is 12.7. The molecule has 2 aromatic carbocycles. The molecule has 1 N–H and O–H groups in total. The Balaban J connectivity index is 1.66. The standard InChI is InChI=1S/C29H37NO6Si/c1-19(34-18-33-5)23-24-22(16-17-30-25(24)27(26(23)31)35-28(30)32)36-37(29(2,3)4,20-12-8-6-9-13-20)21-14-10-7-11-15-21/h6-15,19,22,25-27,31H,16-18H2,1-5H3/t19?,22-,25-,26+,27-/m0/s1. The topological polar surface area (TPSA) is 77.5 Å². The largest absolute Gasteiger partial charge is 0.440 e. The van der Waals surface area contributed by atoms with E-state index < -0.39 is 26.6 Å². The highest BCUT2D eigenvalue weighted by molar-refractivity contribution is 6.99. The van der Waals surface area contributed by atoms with Crippen molar-refractivity contribution in [2.45, 2.75) is 69.6 Å². The van der Waals surface area contributed by atoms with Crippen molar-refractivity contribution in [1.29, 1.82) is 0 Å². The molecule has 0 aromatic heterocycles. The second kappa shape index (κ2) is 10.00. The van der Waals surface area contributed by atoms with Gasteiger partial charge in [-0.3, -0.25) is 4.90 Å². The van der Waals surface area contributed by atoms with Gasteiger partial charge in [-0.05, 0) is 39.9 Å². The highest BCUT2D eigenvalue weighted by Crippen LogP contribution is 2.47. The number of piperidine rings is 1. The van der Waals surface area contributed by atoms with Gasteiger partial charge in [-0.15, -0.1) is 0 Å². The fourth-order valence-electron chi connectivity index (χ4n) is 6.42. The Bertz CT molecular complexity index is 1110. The number of carbonyl (C=O) groups is 1. The van der Waals surface area contributed by atoms with E-state index in [-0.39, 0.29) is 30.1 Å². The lowest BCUT2D eigenvalue weighted by atomic mass is 9.92. The van der Waals surface area contributed by atoms with Crippen LogP contribution in [0.4, 0.5) is 4.79 Å². The van der Waals surface area contributed by atoms with Gasteiger partial charge in [0.15, 0.2) is 6.10 Å². The van der Waals surface area contributed by atoms with Gasteiger partial charge in [-0.25, -0.2) is 4.79 Å². The summed E-state index contributed by atoms with van der Waals surface area (Å²) in [5, 5.41) is 13.6. The van der Waals surface area contributed by atoms with Crippen LogP contribution in [0.15, 0.2) is 71.8 Å². The van der Waals surface area contributed by atoms with Crippen LogP contribution in [0.2, 0.25) is 5.04 Å². The minimum Gasteiger partial charge on any atom is -0.440 e. The molecule has 2 saturated heterocycles. The van der Waals surface area contributed by atoms with E-state index in [0.717, 1.165) is 11.1 Å². The second-order valence-corrected chi connectivity index (χ2v) is 15.4. The number of aliphatic hydroxyl groups excluding tert-OH is 1. The Morgan fingerprint density at radius 3 is 2.22 bits per heavy atom. The van der Waals surface area contributed by atoms with E-state index >= 15 is 0 Å². The Morgan fingerprint density at radius 2 is 1.68 bits per heavy atom. The molecular formula is C29H37NO6Si. The number of aliphatic hydroxyl groups is 1. The summed E-state index contributed by atoms with van der Waals surface area (Å²) in [6.45, 7) is 9.28. The Labute approximate surface area is 220 Å². The van der Waals surface area contributed by atoms with Gasteiger partial charge in [0.05, 0.1) is 18.2 Å². The molecule has 2 aliphatic heterocycles. The van der Waals surface area contributed by atoms with Crippen LogP contribution in [-0.2, 0) is 18.6 Å². The molecular weight excluding hydrogens is 486 g/mol. The average molecular weight is 524 g/mol. The maximum absolute atomic E-state index is 12.7. The smallest absolute Gasteiger partial charge is 0.410 e. The van der Waals surface area contributed by atoms with Gasteiger partial charge in [0.2, 0.25) is 0 Å². The molecule has 5 atom stereocenters. The normalized spacial score (nSPS) is 26.3. The number of nitrogens with zero attached hydrogens (tertiary/aromatic N) is 1. The summed E-state index contributed by atoms with van der Waals surface area (Å²) >= 11 is 0. The molecule has 7 nitrogen and oxygen atoms in total. The highest BCUT2D eigenvalue weighted by atomic mass is 28.4. The SMILES string of the molecule is COCOC(C)C1=C2[C@@H](O[Si](c3ccccc3)(c3ccccc3)C(C)(C)C)CCN3C(=O)O[C@H]([C@@H]1O)[C@H]23. The number of carbonyl (C=O) groups excluding carboxylic acids is 1. The summed E-state index contributed by atoms with van der Waals surface area (Å²) in [5.41, 5.74) is 1.67. The number of hydrogen-bond donors (Lipinski definition) is 1. The van der Waals surface area contributed by atoms with Crippen molar-refractivity contribution in [3.63, 3.8) is 0 Å². The summed E-state index contributed by atoms with van der Waals surface area (Å²) < 4.78 is 24.2. The van der Waals surface area contributed by atoms with E-state index in [1.807, 2.05) is 19.1 Å². The van der Waals surface area contributed by atoms with Crippen LogP contribution in [0.5, 0.6) is 0 Å². The first-order valence-electron chi connectivity index (χ1n) is 13.0. The monoisotopic (exact) mass is 523 g/mol. The van der Waals surface area contributed by atoms with Crippen LogP contribution in [-0.4, -0.2) is 75.3 Å². The third-order valence-electron chi connectivity index (χ3n) is 7.99. The molecule has 198 valence electrons. The number of ether oxygens (including phenoxy) is 3. The minimum absolute atomic E-state index is 0.101. The zero-order valence-corrected chi connectivity index (χ0v) is 23.2. The van der Waals surface area contributed by atoms with Crippen molar-refractivity contribution < 1.29 is 28.5 Å². The Kier molecular flexibility index (Phi) is 7.06. The average Bonchev–Trinajstić information content (AvgIpc) is 3.38. The first kappa shape index (κ1) is 26.1. The minimum atomic E-state index is -2.87. The summed E-state index contributed by atoms with van der Waals surface area (Å²) in [7, 11) is -1.30. The predicted molar refractivity (Wildman–Crippen MR) is 143 cm³/mol. The number of hydrogen-bond acceptors (Lipinski definition) is 6. The first-order valence-corrected chi connectivity index (χ1v) is 14.9. The summed E-state index contributed by atoms with van der Waals surface area (Å²) in [4.78, 5) is 14.4. The van der Waals surface area contributed by atoms with E-state index in [1.54, 1.807) is 12.0 Å². The molecule has 3 aliphatic rings. The van der Waals surface area contributed by atoms with E-state index in [0.29, 0.717) is 13.0 Å². The van der Waals surface area contributed by atoms with Gasteiger partial charge < -0.3 is 23.7 Å². The van der Waals surface area contributed by atoms with Crippen molar-refractivity contribution in [3.8, 4) is 0 Å². The molecule has 5 rings (SSSR count). The quantitative estimate of drug-likeness (QED) is 0.325. The lowest BCUT2D eigenvalue weighted by Crippen LogP contribution is -2.68. The van der Waals surface area contributed by atoms with Crippen LogP contribution in [0, 0.1) is 0 Å². The van der Waals surface area contributed by atoms with Gasteiger partial charge in [0.1, 0.15) is 12.9 Å². The summed E-state index contributed by atoms with van der Waals surface area (Å²) in [5.74, 6) is 0. The molecule has 37 heavy (non-hydrogen) atoms. The number of amides is 1. The second-order valence-electron chi connectivity index (χ2n) is 11.1. The number of benzene rings is 2. The molecule has 0 saturated carbocycles. The molecule has 2 heterocycles. The zero-order valence-electron chi connectivity index (χ0n) is 22.2. The third-order valence-corrected chi connectivity index (χ3v) is 13.0. The van der Waals surface area contributed by atoms with Crippen LogP contribution < -0.4 is 10.4 Å². The molecule has 0 spiro atoms. The van der Waals surface area contributed by atoms with Crippen LogP contribution in [0.3, 0.4) is 0 Å². The maximum Gasteiger partial charge on any atom is 0.410 e. The van der Waals surface area contributed by atoms with Crippen molar-refractivity contribution in [3.05, 3.63) is 71.8 Å². The van der Waals surface area contributed by atoms with Crippen LogP contribution in [0.1, 0.15) is 34.1 Å². The van der Waals surface area contributed by atoms with Gasteiger partial charge in [0.25, 0.3) is 8.32 Å². The fourth-order valence-corrected chi connectivity index (χ4v) is 11.1. The lowest BCUT2D eigenvalue weighted by molar-refractivity contribution is -0.0615. The van der Waals surface area contributed by atoms with Gasteiger partial charge in [-0.2, -0.15) is 0 Å².